The van der Waals surface area contributed by atoms with E-state index in [9.17, 15) is 5.11 Å². The summed E-state index contributed by atoms with van der Waals surface area (Å²) in [7, 11) is 0. The van der Waals surface area contributed by atoms with Gasteiger partial charge in [0.1, 0.15) is 5.82 Å². The van der Waals surface area contributed by atoms with Gasteiger partial charge >= 0.3 is 0 Å². The van der Waals surface area contributed by atoms with Crippen molar-refractivity contribution in [3.05, 3.63) is 23.3 Å². The topological polar surface area (TPSA) is 58.0 Å². The van der Waals surface area contributed by atoms with Gasteiger partial charge in [-0.1, -0.05) is 13.8 Å². The summed E-state index contributed by atoms with van der Waals surface area (Å²) in [5.74, 6) is 1.18. The van der Waals surface area contributed by atoms with Crippen LogP contribution in [-0.4, -0.2) is 21.6 Å². The molecule has 1 atom stereocenters. The molecule has 0 fully saturated rings. The maximum absolute atomic E-state index is 9.65. The summed E-state index contributed by atoms with van der Waals surface area (Å²) >= 11 is 0. The lowest BCUT2D eigenvalue weighted by atomic mass is 10.1. The molecule has 0 spiro atoms. The van der Waals surface area contributed by atoms with Gasteiger partial charge in [-0.15, -0.1) is 0 Å². The van der Waals surface area contributed by atoms with Crippen LogP contribution in [0.1, 0.15) is 43.0 Å². The first kappa shape index (κ1) is 9.55. The molecule has 2 N–H and O–H groups in total. The van der Waals surface area contributed by atoms with E-state index < -0.39 is 6.10 Å². The van der Waals surface area contributed by atoms with Gasteiger partial charge in [0.25, 0.3) is 0 Å². The third-order valence-corrected chi connectivity index (χ3v) is 2.42. The van der Waals surface area contributed by atoms with Crippen molar-refractivity contribution in [3.8, 4) is 0 Å². The van der Waals surface area contributed by atoms with Gasteiger partial charge in [0, 0.05) is 30.8 Å². The first-order valence-corrected chi connectivity index (χ1v) is 4.93. The first-order valence-electron chi connectivity index (χ1n) is 4.93. The largest absolute Gasteiger partial charge is 0.387 e. The van der Waals surface area contributed by atoms with Crippen LogP contribution in [0.4, 0.5) is 0 Å². The molecule has 1 aromatic rings. The number of hydrogen-bond donors (Lipinski definition) is 2. The van der Waals surface area contributed by atoms with Gasteiger partial charge < -0.3 is 10.4 Å². The van der Waals surface area contributed by atoms with Crippen molar-refractivity contribution in [1.82, 2.24) is 15.3 Å². The van der Waals surface area contributed by atoms with E-state index >= 15 is 0 Å². The van der Waals surface area contributed by atoms with Crippen molar-refractivity contribution in [2.24, 2.45) is 0 Å². The van der Waals surface area contributed by atoms with Crippen molar-refractivity contribution >= 4 is 0 Å². The minimum atomic E-state index is -0.458. The summed E-state index contributed by atoms with van der Waals surface area (Å²) in [6.07, 6.45) is 1.29. The smallest absolute Gasteiger partial charge is 0.131 e. The Morgan fingerprint density at radius 3 is 3.07 bits per heavy atom. The van der Waals surface area contributed by atoms with Crippen LogP contribution >= 0.6 is 0 Å². The van der Waals surface area contributed by atoms with E-state index in [0.717, 1.165) is 23.6 Å². The number of β-amino-alcohol motifs (C(OH)–C–C–N with tert-alkyl or cyclic N) is 1. The molecule has 1 aliphatic rings. The zero-order valence-corrected chi connectivity index (χ0v) is 8.49. The number of aliphatic hydroxyl groups is 1. The van der Waals surface area contributed by atoms with Gasteiger partial charge in [0.05, 0.1) is 11.8 Å². The van der Waals surface area contributed by atoms with Crippen molar-refractivity contribution in [2.75, 3.05) is 6.54 Å². The van der Waals surface area contributed by atoms with Crippen molar-refractivity contribution in [1.29, 1.82) is 0 Å². The zero-order chi connectivity index (χ0) is 10.1. The molecule has 0 saturated heterocycles. The van der Waals surface area contributed by atoms with E-state index in [4.69, 9.17) is 0 Å². The van der Waals surface area contributed by atoms with E-state index in [1.165, 1.54) is 0 Å². The van der Waals surface area contributed by atoms with Crippen LogP contribution in [0.5, 0.6) is 0 Å². The summed E-state index contributed by atoms with van der Waals surface area (Å²) in [6.45, 7) is 5.45. The number of aliphatic hydroxyl groups excluding tert-OH is 1. The lowest BCUT2D eigenvalue weighted by Crippen LogP contribution is -2.29. The maximum atomic E-state index is 9.65. The van der Waals surface area contributed by atoms with E-state index in [1.807, 2.05) is 0 Å². The number of aromatic nitrogens is 2. The van der Waals surface area contributed by atoms with Crippen LogP contribution in [0.2, 0.25) is 0 Å². The summed E-state index contributed by atoms with van der Waals surface area (Å²) < 4.78 is 0. The second-order valence-corrected chi connectivity index (χ2v) is 3.93. The third-order valence-electron chi connectivity index (χ3n) is 2.42. The predicted octanol–water partition coefficient (Wildman–Crippen LogP) is 0.737. The Kier molecular flexibility index (Phi) is 2.48. The van der Waals surface area contributed by atoms with Crippen LogP contribution in [0, 0.1) is 0 Å². The number of nitrogens with zero attached hydrogens (tertiary/aromatic N) is 2. The van der Waals surface area contributed by atoms with Crippen LogP contribution in [0.25, 0.3) is 0 Å². The molecule has 4 nitrogen and oxygen atoms in total. The average molecular weight is 193 g/mol. The molecule has 14 heavy (non-hydrogen) atoms. The molecule has 0 aliphatic carbocycles. The Morgan fingerprint density at radius 2 is 2.36 bits per heavy atom. The summed E-state index contributed by atoms with van der Waals surface area (Å²) in [4.78, 5) is 8.67. The molecular formula is C10H15N3O. The maximum Gasteiger partial charge on any atom is 0.131 e. The Balaban J connectivity index is 2.39. The van der Waals surface area contributed by atoms with Crippen molar-refractivity contribution in [2.45, 2.75) is 32.4 Å². The highest BCUT2D eigenvalue weighted by molar-refractivity contribution is 5.23. The fraction of sp³-hybridized carbons (Fsp3) is 0.600. The quantitative estimate of drug-likeness (QED) is 0.690. The Bertz CT molecular complexity index is 338. The fourth-order valence-electron chi connectivity index (χ4n) is 1.58. The lowest BCUT2D eigenvalue weighted by molar-refractivity contribution is 0.163. The van der Waals surface area contributed by atoms with Crippen LogP contribution < -0.4 is 5.32 Å². The molecule has 0 bridgehead atoms. The third kappa shape index (κ3) is 1.63. The molecule has 2 heterocycles. The molecule has 1 aromatic heterocycles. The number of hydrogen-bond acceptors (Lipinski definition) is 4. The van der Waals surface area contributed by atoms with Gasteiger partial charge in [0.15, 0.2) is 0 Å². The minimum Gasteiger partial charge on any atom is -0.387 e. The normalized spacial score (nSPS) is 21.0. The predicted molar refractivity (Wildman–Crippen MR) is 52.8 cm³/mol. The Morgan fingerprint density at radius 1 is 1.57 bits per heavy atom. The number of rotatable bonds is 1. The SMILES string of the molecule is CC(C)c1ncc2c(n1)CNCC2O. The molecule has 2 rings (SSSR count). The molecule has 76 valence electrons. The van der Waals surface area contributed by atoms with Gasteiger partial charge in [-0.2, -0.15) is 0 Å². The highest BCUT2D eigenvalue weighted by atomic mass is 16.3. The zero-order valence-electron chi connectivity index (χ0n) is 8.49. The second kappa shape index (κ2) is 3.63. The van der Waals surface area contributed by atoms with Crippen molar-refractivity contribution in [3.63, 3.8) is 0 Å². The molecule has 0 saturated carbocycles. The van der Waals surface area contributed by atoms with Crippen molar-refractivity contribution < 1.29 is 5.11 Å². The van der Waals surface area contributed by atoms with E-state index in [2.05, 4.69) is 29.1 Å². The highest BCUT2D eigenvalue weighted by Crippen LogP contribution is 2.20. The number of nitrogens with one attached hydrogen (secondary N) is 1. The van der Waals surface area contributed by atoms with Gasteiger partial charge in [-0.05, 0) is 0 Å². The molecule has 0 aromatic carbocycles. The summed E-state index contributed by atoms with van der Waals surface area (Å²) in [5.41, 5.74) is 1.80. The van der Waals surface area contributed by atoms with Crippen LogP contribution in [0.3, 0.4) is 0 Å². The molecule has 4 heteroatoms. The molecule has 0 radical (unpaired) electrons. The minimum absolute atomic E-state index is 0.333. The van der Waals surface area contributed by atoms with E-state index in [1.54, 1.807) is 6.20 Å². The van der Waals surface area contributed by atoms with E-state index in [0.29, 0.717) is 12.5 Å². The average Bonchev–Trinajstić information content (AvgIpc) is 2.17. The first-order chi connectivity index (χ1) is 6.68. The standard InChI is InChI=1S/C10H15N3O/c1-6(2)10-12-3-7-8(13-10)4-11-5-9(7)14/h3,6,9,11,14H,4-5H2,1-2H3. The molecular weight excluding hydrogens is 178 g/mol. The van der Waals surface area contributed by atoms with Gasteiger partial charge in [-0.25, -0.2) is 9.97 Å². The Hall–Kier alpha value is -1.00. The number of fused-ring (bicyclic) bond motifs is 1. The fourth-order valence-corrected chi connectivity index (χ4v) is 1.58. The lowest BCUT2D eigenvalue weighted by Gasteiger charge is -2.21. The molecule has 0 amide bonds. The molecule has 1 unspecified atom stereocenters. The molecule has 1 aliphatic heterocycles. The van der Waals surface area contributed by atoms with Gasteiger partial charge in [-0.3, -0.25) is 0 Å². The van der Waals surface area contributed by atoms with Gasteiger partial charge in [0.2, 0.25) is 0 Å². The van der Waals surface area contributed by atoms with Crippen LogP contribution in [0.15, 0.2) is 6.20 Å². The Labute approximate surface area is 83.4 Å². The summed E-state index contributed by atoms with van der Waals surface area (Å²) in [6, 6.07) is 0. The monoisotopic (exact) mass is 193 g/mol. The van der Waals surface area contributed by atoms with E-state index in [-0.39, 0.29) is 0 Å². The summed E-state index contributed by atoms with van der Waals surface area (Å²) in [5, 5.41) is 12.8. The second-order valence-electron chi connectivity index (χ2n) is 3.93. The van der Waals surface area contributed by atoms with Crippen LogP contribution in [-0.2, 0) is 6.54 Å². The highest BCUT2D eigenvalue weighted by Gasteiger charge is 2.19.